The number of hydrazone groups is 1. The molecule has 0 radical (unpaired) electrons. The van der Waals surface area contributed by atoms with E-state index in [-0.39, 0.29) is 5.91 Å². The molecule has 4 aromatic carbocycles. The zero-order valence-electron chi connectivity index (χ0n) is 17.2. The third kappa shape index (κ3) is 4.76. The van der Waals surface area contributed by atoms with Crippen LogP contribution in [0.15, 0.2) is 94.5 Å². The van der Waals surface area contributed by atoms with Gasteiger partial charge in [-0.1, -0.05) is 70.5 Å². The lowest BCUT2D eigenvalue weighted by molar-refractivity contribution is 0.0733. The quantitative estimate of drug-likeness (QED) is 0.165. The van der Waals surface area contributed by atoms with Crippen molar-refractivity contribution in [3.63, 3.8) is 0 Å². The number of carbonyl (C=O) groups excluding carboxylic acids is 2. The highest BCUT2D eigenvalue weighted by atomic mass is 79.9. The molecule has 0 aliphatic rings. The molecule has 0 atom stereocenters. The number of benzene rings is 4. The van der Waals surface area contributed by atoms with Crippen LogP contribution in [0, 0.1) is 6.92 Å². The van der Waals surface area contributed by atoms with E-state index in [1.807, 2.05) is 55.5 Å². The number of halogens is 1. The number of esters is 1. The summed E-state index contributed by atoms with van der Waals surface area (Å²) in [6.45, 7) is 1.85. The average Bonchev–Trinajstić information content (AvgIpc) is 2.80. The summed E-state index contributed by atoms with van der Waals surface area (Å²) in [6.07, 6.45) is 1.45. The lowest BCUT2D eigenvalue weighted by atomic mass is 10.0. The lowest BCUT2D eigenvalue weighted by Crippen LogP contribution is -2.18. The van der Waals surface area contributed by atoms with Gasteiger partial charge in [0, 0.05) is 15.6 Å². The zero-order valence-corrected chi connectivity index (χ0v) is 18.8. The van der Waals surface area contributed by atoms with Crippen molar-refractivity contribution in [1.29, 1.82) is 0 Å². The first-order valence-corrected chi connectivity index (χ1v) is 10.7. The zero-order chi connectivity index (χ0) is 22.5. The number of aryl methyl sites for hydroxylation is 1. The Morgan fingerprint density at radius 2 is 1.62 bits per heavy atom. The molecule has 0 bridgehead atoms. The van der Waals surface area contributed by atoms with E-state index >= 15 is 0 Å². The van der Waals surface area contributed by atoms with Gasteiger partial charge in [0.15, 0.2) is 0 Å². The summed E-state index contributed by atoms with van der Waals surface area (Å²) in [4.78, 5) is 25.3. The number of carbonyl (C=O) groups is 2. The predicted molar refractivity (Wildman–Crippen MR) is 129 cm³/mol. The van der Waals surface area contributed by atoms with Crippen LogP contribution in [-0.4, -0.2) is 18.1 Å². The van der Waals surface area contributed by atoms with E-state index in [9.17, 15) is 9.59 Å². The summed E-state index contributed by atoms with van der Waals surface area (Å²) in [6, 6.07) is 25.6. The Balaban J connectivity index is 1.54. The van der Waals surface area contributed by atoms with Gasteiger partial charge in [-0.3, -0.25) is 4.79 Å². The molecule has 4 aromatic rings. The molecule has 0 aliphatic carbocycles. The van der Waals surface area contributed by atoms with Crippen molar-refractivity contribution in [2.75, 3.05) is 0 Å². The second-order valence-corrected chi connectivity index (χ2v) is 8.03. The molecular formula is C26H19BrN2O3. The Bertz CT molecular complexity index is 1340. The fraction of sp³-hybridized carbons (Fsp3) is 0.0385. The van der Waals surface area contributed by atoms with Gasteiger partial charge in [0.05, 0.1) is 11.8 Å². The monoisotopic (exact) mass is 486 g/mol. The lowest BCUT2D eigenvalue weighted by Gasteiger charge is -2.09. The second kappa shape index (κ2) is 9.58. The molecule has 6 heteroatoms. The summed E-state index contributed by atoms with van der Waals surface area (Å²) in [5, 5.41) is 5.91. The van der Waals surface area contributed by atoms with Gasteiger partial charge in [0.1, 0.15) is 5.75 Å². The van der Waals surface area contributed by atoms with Crippen molar-refractivity contribution in [2.45, 2.75) is 6.92 Å². The van der Waals surface area contributed by atoms with E-state index in [1.165, 1.54) is 6.21 Å². The number of nitrogens with zero attached hydrogens (tertiary/aromatic N) is 1. The fourth-order valence-electron chi connectivity index (χ4n) is 3.31. The topological polar surface area (TPSA) is 67.8 Å². The van der Waals surface area contributed by atoms with Crippen LogP contribution in [0.25, 0.3) is 10.8 Å². The van der Waals surface area contributed by atoms with Crippen LogP contribution in [0.3, 0.4) is 0 Å². The van der Waals surface area contributed by atoms with Crippen molar-refractivity contribution in [1.82, 2.24) is 5.43 Å². The van der Waals surface area contributed by atoms with Crippen molar-refractivity contribution in [2.24, 2.45) is 5.10 Å². The first-order chi connectivity index (χ1) is 15.5. The summed E-state index contributed by atoms with van der Waals surface area (Å²) >= 11 is 3.41. The molecule has 0 heterocycles. The normalized spacial score (nSPS) is 10.9. The molecule has 0 aliphatic heterocycles. The van der Waals surface area contributed by atoms with Gasteiger partial charge in [-0.25, -0.2) is 10.2 Å². The van der Waals surface area contributed by atoms with Crippen LogP contribution in [0.2, 0.25) is 0 Å². The summed E-state index contributed by atoms with van der Waals surface area (Å²) in [7, 11) is 0. The van der Waals surface area contributed by atoms with Crippen LogP contribution in [-0.2, 0) is 0 Å². The molecule has 0 aromatic heterocycles. The van der Waals surface area contributed by atoms with Crippen LogP contribution >= 0.6 is 15.9 Å². The van der Waals surface area contributed by atoms with Gasteiger partial charge >= 0.3 is 5.97 Å². The van der Waals surface area contributed by atoms with E-state index in [2.05, 4.69) is 26.5 Å². The molecule has 1 amide bonds. The number of fused-ring (bicyclic) bond motifs is 1. The highest BCUT2D eigenvalue weighted by Crippen LogP contribution is 2.23. The fourth-order valence-corrected chi connectivity index (χ4v) is 3.69. The van der Waals surface area contributed by atoms with Gasteiger partial charge in [-0.05, 0) is 53.6 Å². The Morgan fingerprint density at radius 3 is 2.47 bits per heavy atom. The largest absolute Gasteiger partial charge is 0.422 e. The van der Waals surface area contributed by atoms with Gasteiger partial charge in [-0.2, -0.15) is 5.10 Å². The van der Waals surface area contributed by atoms with Crippen molar-refractivity contribution in [3.05, 3.63) is 112 Å². The van der Waals surface area contributed by atoms with E-state index in [0.717, 1.165) is 20.8 Å². The number of ether oxygens (including phenoxy) is 1. The minimum atomic E-state index is -0.458. The molecule has 1 N–H and O–H groups in total. The molecule has 32 heavy (non-hydrogen) atoms. The number of nitrogens with one attached hydrogen (secondary N) is 1. The Hall–Kier alpha value is -3.77. The molecule has 4 rings (SSSR count). The number of amides is 1. The molecule has 0 saturated heterocycles. The Morgan fingerprint density at radius 1 is 0.906 bits per heavy atom. The van der Waals surface area contributed by atoms with E-state index in [4.69, 9.17) is 4.74 Å². The SMILES string of the molecule is Cc1ccccc1C(=O)Oc1ccc(Br)cc1/C=N/NC(=O)c1cccc2ccccc12. The minimum Gasteiger partial charge on any atom is -0.422 e. The molecule has 0 unspecified atom stereocenters. The van der Waals surface area contributed by atoms with Gasteiger partial charge in [0.2, 0.25) is 0 Å². The third-order valence-corrected chi connectivity index (χ3v) is 5.44. The molecule has 5 nitrogen and oxygen atoms in total. The van der Waals surface area contributed by atoms with Crippen molar-refractivity contribution < 1.29 is 14.3 Å². The highest BCUT2D eigenvalue weighted by Gasteiger charge is 2.14. The van der Waals surface area contributed by atoms with Gasteiger partial charge in [0.25, 0.3) is 5.91 Å². The van der Waals surface area contributed by atoms with Gasteiger partial charge in [-0.15, -0.1) is 0 Å². The first-order valence-electron chi connectivity index (χ1n) is 9.91. The van der Waals surface area contributed by atoms with Crippen LogP contribution in [0.4, 0.5) is 0 Å². The summed E-state index contributed by atoms with van der Waals surface area (Å²) < 4.78 is 6.39. The van der Waals surface area contributed by atoms with E-state index < -0.39 is 5.97 Å². The van der Waals surface area contributed by atoms with Gasteiger partial charge < -0.3 is 4.74 Å². The maximum Gasteiger partial charge on any atom is 0.343 e. The number of hydrogen-bond acceptors (Lipinski definition) is 4. The van der Waals surface area contributed by atoms with Crippen molar-refractivity contribution >= 4 is 44.8 Å². The van der Waals surface area contributed by atoms with Crippen LogP contribution in [0.5, 0.6) is 5.75 Å². The van der Waals surface area contributed by atoms with Crippen LogP contribution in [0.1, 0.15) is 31.8 Å². The molecule has 158 valence electrons. The standard InChI is InChI=1S/C26H19BrN2O3/c1-17-7-2-4-10-21(17)26(31)32-24-14-13-20(27)15-19(24)16-28-29-25(30)23-12-6-9-18-8-3-5-11-22(18)23/h2-16H,1H3,(H,29,30)/b28-16+. The number of rotatable bonds is 5. The van der Waals surface area contributed by atoms with E-state index in [1.54, 1.807) is 36.4 Å². The first kappa shape index (κ1) is 21.5. The molecular weight excluding hydrogens is 468 g/mol. The summed E-state index contributed by atoms with van der Waals surface area (Å²) in [5.74, 6) is -0.448. The Kier molecular flexibility index (Phi) is 6.42. The molecule has 0 spiro atoms. The van der Waals surface area contributed by atoms with Crippen LogP contribution < -0.4 is 10.2 Å². The maximum absolute atomic E-state index is 12.7. The Labute approximate surface area is 193 Å². The van der Waals surface area contributed by atoms with Crippen molar-refractivity contribution in [3.8, 4) is 5.75 Å². The maximum atomic E-state index is 12.7. The third-order valence-electron chi connectivity index (χ3n) is 4.94. The minimum absolute atomic E-state index is 0.327. The molecule has 0 fully saturated rings. The molecule has 0 saturated carbocycles. The average molecular weight is 487 g/mol. The second-order valence-electron chi connectivity index (χ2n) is 7.11. The highest BCUT2D eigenvalue weighted by molar-refractivity contribution is 9.10. The predicted octanol–water partition coefficient (Wildman–Crippen LogP) is 5.89. The summed E-state index contributed by atoms with van der Waals surface area (Å²) in [5.41, 5.74) is 4.94. The number of hydrogen-bond donors (Lipinski definition) is 1. The smallest absolute Gasteiger partial charge is 0.343 e. The van der Waals surface area contributed by atoms with E-state index in [0.29, 0.717) is 22.4 Å².